The maximum absolute atomic E-state index is 12.7. The first-order valence-electron chi connectivity index (χ1n) is 9.31. The number of piperidine rings is 1. The zero-order chi connectivity index (χ0) is 18.5. The molecule has 1 aromatic carbocycles. The number of ether oxygens (including phenoxy) is 1. The summed E-state index contributed by atoms with van der Waals surface area (Å²) in [6.07, 6.45) is 2.12. The number of hydrogen-bond donors (Lipinski definition) is 2. The third-order valence-electron chi connectivity index (χ3n) is 5.37. The molecule has 1 aromatic rings. The molecular formula is C18H28BN3O4. The van der Waals surface area contributed by atoms with Gasteiger partial charge in [0.05, 0.1) is 6.10 Å². The lowest BCUT2D eigenvalue weighted by Crippen LogP contribution is -2.54. The van der Waals surface area contributed by atoms with Crippen LogP contribution >= 0.6 is 0 Å². The normalized spacial score (nSPS) is 19.7. The van der Waals surface area contributed by atoms with Crippen molar-refractivity contribution in [3.63, 3.8) is 0 Å². The lowest BCUT2D eigenvalue weighted by molar-refractivity contribution is 0.0405. The van der Waals surface area contributed by atoms with Crippen molar-refractivity contribution in [2.24, 2.45) is 0 Å². The Morgan fingerprint density at radius 2 is 1.62 bits per heavy atom. The molecule has 0 unspecified atom stereocenters. The van der Waals surface area contributed by atoms with Crippen molar-refractivity contribution in [3.8, 4) is 0 Å². The minimum Gasteiger partial charge on any atom is -0.423 e. The zero-order valence-electron chi connectivity index (χ0n) is 15.4. The first-order valence-corrected chi connectivity index (χ1v) is 9.31. The fourth-order valence-corrected chi connectivity index (χ4v) is 3.63. The molecule has 2 heterocycles. The Balaban J connectivity index is 1.44. The molecule has 2 saturated heterocycles. The van der Waals surface area contributed by atoms with Crippen LogP contribution in [0.3, 0.4) is 0 Å². The van der Waals surface area contributed by atoms with Crippen molar-refractivity contribution in [2.75, 3.05) is 46.4 Å². The van der Waals surface area contributed by atoms with Gasteiger partial charge in [-0.3, -0.25) is 4.90 Å². The third kappa shape index (κ3) is 4.76. The standard InChI is InChI=1S/C18H28BN3O4/c1-26-17-6-8-21(9-7-17)18(23)22-12-10-20(11-13-22)14-15-2-4-16(5-3-15)19(24)25/h2-5,17,24-25H,6-14H2,1H3. The summed E-state index contributed by atoms with van der Waals surface area (Å²) in [6.45, 7) is 5.56. The van der Waals surface area contributed by atoms with E-state index >= 15 is 0 Å². The summed E-state index contributed by atoms with van der Waals surface area (Å²) in [5.41, 5.74) is 1.64. The van der Waals surface area contributed by atoms with Gasteiger partial charge in [-0.15, -0.1) is 0 Å². The summed E-state index contributed by atoms with van der Waals surface area (Å²) in [4.78, 5) is 18.9. The summed E-state index contributed by atoms with van der Waals surface area (Å²) < 4.78 is 5.37. The van der Waals surface area contributed by atoms with Crippen LogP contribution in [0.5, 0.6) is 0 Å². The molecule has 0 bridgehead atoms. The van der Waals surface area contributed by atoms with Gasteiger partial charge in [0, 0.05) is 52.9 Å². The van der Waals surface area contributed by atoms with Crippen LogP contribution in [-0.2, 0) is 11.3 Å². The van der Waals surface area contributed by atoms with Crippen LogP contribution < -0.4 is 5.46 Å². The first-order chi connectivity index (χ1) is 12.6. The molecule has 2 N–H and O–H groups in total. The summed E-state index contributed by atoms with van der Waals surface area (Å²) in [7, 11) is 0.313. The number of urea groups is 1. The summed E-state index contributed by atoms with van der Waals surface area (Å²) in [5, 5.41) is 18.3. The Hall–Kier alpha value is -1.61. The van der Waals surface area contributed by atoms with Gasteiger partial charge in [-0.05, 0) is 23.9 Å². The van der Waals surface area contributed by atoms with E-state index in [1.54, 1.807) is 19.2 Å². The number of hydrogen-bond acceptors (Lipinski definition) is 5. The maximum Gasteiger partial charge on any atom is 0.488 e. The molecule has 7 nitrogen and oxygen atoms in total. The average molecular weight is 361 g/mol. The number of amides is 2. The largest absolute Gasteiger partial charge is 0.488 e. The number of piperazine rings is 1. The molecule has 0 saturated carbocycles. The van der Waals surface area contributed by atoms with Gasteiger partial charge in [0.25, 0.3) is 0 Å². The zero-order valence-corrected chi connectivity index (χ0v) is 15.4. The Labute approximate surface area is 155 Å². The third-order valence-corrected chi connectivity index (χ3v) is 5.37. The van der Waals surface area contributed by atoms with Crippen LogP contribution in [0.25, 0.3) is 0 Å². The fourth-order valence-electron chi connectivity index (χ4n) is 3.63. The minimum absolute atomic E-state index is 0.153. The van der Waals surface area contributed by atoms with Crippen molar-refractivity contribution in [3.05, 3.63) is 29.8 Å². The Morgan fingerprint density at radius 1 is 1.04 bits per heavy atom. The fraction of sp³-hybridized carbons (Fsp3) is 0.611. The number of methoxy groups -OCH3 is 1. The summed E-state index contributed by atoms with van der Waals surface area (Å²) in [5.74, 6) is 0. The van der Waals surface area contributed by atoms with Gasteiger partial charge in [0.15, 0.2) is 0 Å². The van der Waals surface area contributed by atoms with Gasteiger partial charge in [-0.25, -0.2) is 4.79 Å². The van der Waals surface area contributed by atoms with Gasteiger partial charge in [0.2, 0.25) is 0 Å². The van der Waals surface area contributed by atoms with Crippen LogP contribution in [0.2, 0.25) is 0 Å². The monoisotopic (exact) mass is 361 g/mol. The topological polar surface area (TPSA) is 76.5 Å². The number of carbonyl (C=O) groups excluding carboxylic acids is 1. The van der Waals surface area contributed by atoms with E-state index in [2.05, 4.69) is 4.90 Å². The van der Waals surface area contributed by atoms with Crippen molar-refractivity contribution in [2.45, 2.75) is 25.5 Å². The Kier molecular flexibility index (Phi) is 6.53. The summed E-state index contributed by atoms with van der Waals surface area (Å²) >= 11 is 0. The van der Waals surface area contributed by atoms with Crippen LogP contribution in [0.15, 0.2) is 24.3 Å². The van der Waals surface area contributed by atoms with Crippen molar-refractivity contribution < 1.29 is 19.6 Å². The highest BCUT2D eigenvalue weighted by molar-refractivity contribution is 6.58. The molecule has 0 atom stereocenters. The van der Waals surface area contributed by atoms with Gasteiger partial charge < -0.3 is 24.6 Å². The van der Waals surface area contributed by atoms with Gasteiger partial charge >= 0.3 is 13.1 Å². The van der Waals surface area contributed by atoms with E-state index in [0.29, 0.717) is 5.46 Å². The van der Waals surface area contributed by atoms with Crippen LogP contribution in [0.4, 0.5) is 4.79 Å². The second-order valence-electron chi connectivity index (χ2n) is 7.08. The van der Waals surface area contributed by atoms with Crippen LogP contribution in [-0.4, -0.2) is 90.4 Å². The number of likely N-dealkylation sites (tertiary alicyclic amines) is 1. The van der Waals surface area contributed by atoms with Crippen molar-refractivity contribution in [1.82, 2.24) is 14.7 Å². The molecule has 0 radical (unpaired) electrons. The average Bonchev–Trinajstić information content (AvgIpc) is 2.68. The highest BCUT2D eigenvalue weighted by Crippen LogP contribution is 2.16. The number of carbonyl (C=O) groups is 1. The van der Waals surface area contributed by atoms with Gasteiger partial charge in [-0.2, -0.15) is 0 Å². The van der Waals surface area contributed by atoms with E-state index in [1.807, 2.05) is 21.9 Å². The lowest BCUT2D eigenvalue weighted by Gasteiger charge is -2.39. The molecule has 142 valence electrons. The predicted molar refractivity (Wildman–Crippen MR) is 100 cm³/mol. The molecule has 2 aliphatic rings. The van der Waals surface area contributed by atoms with E-state index < -0.39 is 7.12 Å². The predicted octanol–water partition coefficient (Wildman–Crippen LogP) is -0.285. The molecule has 8 heteroatoms. The lowest BCUT2D eigenvalue weighted by atomic mass is 9.80. The molecule has 2 amide bonds. The molecule has 0 aromatic heterocycles. The molecule has 3 rings (SSSR count). The van der Waals surface area contributed by atoms with Crippen molar-refractivity contribution in [1.29, 1.82) is 0 Å². The molecule has 0 aliphatic carbocycles. The molecule has 2 aliphatic heterocycles. The number of benzene rings is 1. The molecular weight excluding hydrogens is 333 g/mol. The highest BCUT2D eigenvalue weighted by Gasteiger charge is 2.28. The molecule has 0 spiro atoms. The Morgan fingerprint density at radius 3 is 2.15 bits per heavy atom. The maximum atomic E-state index is 12.7. The quantitative estimate of drug-likeness (QED) is 0.722. The smallest absolute Gasteiger partial charge is 0.423 e. The van der Waals surface area contributed by atoms with E-state index in [4.69, 9.17) is 14.8 Å². The first kappa shape index (κ1) is 19.2. The molecule has 26 heavy (non-hydrogen) atoms. The second kappa shape index (κ2) is 8.86. The summed E-state index contributed by atoms with van der Waals surface area (Å²) in [6, 6.07) is 7.48. The minimum atomic E-state index is -1.42. The SMILES string of the molecule is COC1CCN(C(=O)N2CCN(Cc3ccc(B(O)O)cc3)CC2)CC1. The van der Waals surface area contributed by atoms with E-state index in [-0.39, 0.29) is 12.1 Å². The Bertz CT molecular complexity index is 583. The van der Waals surface area contributed by atoms with Gasteiger partial charge in [-0.1, -0.05) is 24.3 Å². The van der Waals surface area contributed by atoms with E-state index in [9.17, 15) is 4.79 Å². The number of rotatable bonds is 4. The highest BCUT2D eigenvalue weighted by atomic mass is 16.5. The van der Waals surface area contributed by atoms with Gasteiger partial charge in [0.1, 0.15) is 0 Å². The van der Waals surface area contributed by atoms with Crippen molar-refractivity contribution >= 4 is 18.6 Å². The van der Waals surface area contributed by atoms with E-state index in [0.717, 1.165) is 64.2 Å². The van der Waals surface area contributed by atoms with E-state index in [1.165, 1.54) is 0 Å². The second-order valence-corrected chi connectivity index (χ2v) is 7.08. The van der Waals surface area contributed by atoms with Crippen LogP contribution in [0.1, 0.15) is 18.4 Å². The van der Waals surface area contributed by atoms with Crippen LogP contribution in [0, 0.1) is 0 Å². The number of nitrogens with zero attached hydrogens (tertiary/aromatic N) is 3. The molecule has 2 fully saturated rings.